The predicted molar refractivity (Wildman–Crippen MR) is 99.1 cm³/mol. The molecule has 3 rings (SSSR count). The number of hydrogen-bond acceptors (Lipinski definition) is 3. The van der Waals surface area contributed by atoms with Gasteiger partial charge in [0.15, 0.2) is 0 Å². The molecular weight excluding hydrogens is 336 g/mol. The Bertz CT molecular complexity index is 771. The van der Waals surface area contributed by atoms with Crippen LogP contribution in [0, 0.1) is 0 Å². The molecule has 0 bridgehead atoms. The average Bonchev–Trinajstić information content (AvgIpc) is 2.67. The number of hydrogen-bond donors (Lipinski definition) is 1. The van der Waals surface area contributed by atoms with E-state index in [0.717, 1.165) is 16.9 Å². The van der Waals surface area contributed by atoms with Gasteiger partial charge in [-0.15, -0.1) is 0 Å². The lowest BCUT2D eigenvalue weighted by atomic mass is 10.1. The summed E-state index contributed by atoms with van der Waals surface area (Å²) in [4.78, 5) is 0. The van der Waals surface area contributed by atoms with Crippen molar-refractivity contribution in [3.05, 3.63) is 95.0 Å². The van der Waals surface area contributed by atoms with Crippen molar-refractivity contribution >= 4 is 11.6 Å². The van der Waals surface area contributed by atoms with Gasteiger partial charge in [-0.3, -0.25) is 0 Å². The predicted octanol–water partition coefficient (Wildman–Crippen LogP) is 5.03. The van der Waals surface area contributed by atoms with Crippen LogP contribution in [0.1, 0.15) is 17.2 Å². The van der Waals surface area contributed by atoms with Crippen LogP contribution < -0.4 is 9.47 Å². The van der Waals surface area contributed by atoms with Crippen molar-refractivity contribution in [3.63, 3.8) is 0 Å². The highest BCUT2D eigenvalue weighted by molar-refractivity contribution is 6.30. The van der Waals surface area contributed by atoms with E-state index in [2.05, 4.69) is 0 Å². The maximum atomic E-state index is 9.57. The summed E-state index contributed by atoms with van der Waals surface area (Å²) in [5.41, 5.74) is 1.97. The van der Waals surface area contributed by atoms with Crippen molar-refractivity contribution in [2.45, 2.75) is 12.7 Å². The Kier molecular flexibility index (Phi) is 5.94. The number of benzene rings is 3. The highest BCUT2D eigenvalue weighted by Crippen LogP contribution is 2.23. The van der Waals surface area contributed by atoms with Crippen LogP contribution in [-0.2, 0) is 6.61 Å². The average molecular weight is 355 g/mol. The maximum absolute atomic E-state index is 9.57. The Balaban J connectivity index is 1.59. The SMILES string of the molecule is OCC(Oc1ccc(COc2ccc(Cl)cc2)cc1)c1ccccc1. The third-order valence-electron chi connectivity index (χ3n) is 3.76. The second-order valence-electron chi connectivity index (χ2n) is 5.59. The van der Waals surface area contributed by atoms with Gasteiger partial charge in [0.1, 0.15) is 24.2 Å². The molecule has 0 spiro atoms. The number of aliphatic hydroxyl groups is 1. The van der Waals surface area contributed by atoms with Gasteiger partial charge in [0, 0.05) is 5.02 Å². The van der Waals surface area contributed by atoms with Crippen LogP contribution >= 0.6 is 11.6 Å². The van der Waals surface area contributed by atoms with E-state index in [4.69, 9.17) is 21.1 Å². The molecule has 4 heteroatoms. The van der Waals surface area contributed by atoms with Gasteiger partial charge in [-0.1, -0.05) is 54.1 Å². The van der Waals surface area contributed by atoms with Gasteiger partial charge >= 0.3 is 0 Å². The first-order chi connectivity index (χ1) is 12.2. The van der Waals surface area contributed by atoms with Gasteiger partial charge < -0.3 is 14.6 Å². The molecule has 0 saturated carbocycles. The second-order valence-corrected chi connectivity index (χ2v) is 6.02. The molecule has 0 aliphatic heterocycles. The summed E-state index contributed by atoms with van der Waals surface area (Å²) in [6.45, 7) is 0.384. The topological polar surface area (TPSA) is 38.7 Å². The first kappa shape index (κ1) is 17.3. The molecule has 3 nitrogen and oxygen atoms in total. The Hall–Kier alpha value is -2.49. The van der Waals surface area contributed by atoms with E-state index in [1.54, 1.807) is 12.1 Å². The first-order valence-corrected chi connectivity index (χ1v) is 8.42. The highest BCUT2D eigenvalue weighted by atomic mass is 35.5. The summed E-state index contributed by atoms with van der Waals surface area (Å²) >= 11 is 5.86. The monoisotopic (exact) mass is 354 g/mol. The number of rotatable bonds is 7. The van der Waals surface area contributed by atoms with Crippen LogP contribution in [0.15, 0.2) is 78.9 Å². The van der Waals surface area contributed by atoms with E-state index in [-0.39, 0.29) is 12.7 Å². The molecule has 0 radical (unpaired) electrons. The molecule has 3 aromatic rings. The summed E-state index contributed by atoms with van der Waals surface area (Å²) in [6, 6.07) is 24.6. The molecule has 1 atom stereocenters. The minimum absolute atomic E-state index is 0.0779. The molecule has 1 N–H and O–H groups in total. The summed E-state index contributed by atoms with van der Waals surface area (Å²) in [5.74, 6) is 1.48. The molecule has 1 unspecified atom stereocenters. The van der Waals surface area contributed by atoms with Crippen molar-refractivity contribution in [1.29, 1.82) is 0 Å². The number of ether oxygens (including phenoxy) is 2. The van der Waals surface area contributed by atoms with Crippen LogP contribution in [0.4, 0.5) is 0 Å². The third-order valence-corrected chi connectivity index (χ3v) is 4.01. The van der Waals surface area contributed by atoms with E-state index in [1.807, 2.05) is 66.7 Å². The van der Waals surface area contributed by atoms with E-state index >= 15 is 0 Å². The van der Waals surface area contributed by atoms with Gasteiger partial charge in [-0.25, -0.2) is 0 Å². The second kappa shape index (κ2) is 8.56. The quantitative estimate of drug-likeness (QED) is 0.646. The molecule has 0 fully saturated rings. The van der Waals surface area contributed by atoms with E-state index < -0.39 is 0 Å². The highest BCUT2D eigenvalue weighted by Gasteiger charge is 2.11. The molecule has 3 aromatic carbocycles. The van der Waals surface area contributed by atoms with E-state index in [1.165, 1.54) is 0 Å². The largest absolute Gasteiger partial charge is 0.489 e. The number of aliphatic hydroxyl groups excluding tert-OH is 1. The van der Waals surface area contributed by atoms with Gasteiger partial charge in [0.05, 0.1) is 6.61 Å². The fourth-order valence-electron chi connectivity index (χ4n) is 2.40. The first-order valence-electron chi connectivity index (χ1n) is 8.04. The molecule has 0 heterocycles. The van der Waals surface area contributed by atoms with Gasteiger partial charge in [-0.2, -0.15) is 0 Å². The molecule has 25 heavy (non-hydrogen) atoms. The lowest BCUT2D eigenvalue weighted by Crippen LogP contribution is -2.11. The molecule has 0 aromatic heterocycles. The van der Waals surface area contributed by atoms with Crippen molar-refractivity contribution in [2.24, 2.45) is 0 Å². The zero-order valence-electron chi connectivity index (χ0n) is 13.6. The molecule has 0 saturated heterocycles. The minimum Gasteiger partial charge on any atom is -0.489 e. The molecule has 0 aliphatic carbocycles. The van der Waals surface area contributed by atoms with Gasteiger partial charge in [0.25, 0.3) is 0 Å². The molecular formula is C21H19ClO3. The summed E-state index contributed by atoms with van der Waals surface area (Å²) < 4.78 is 11.6. The zero-order valence-corrected chi connectivity index (χ0v) is 14.4. The van der Waals surface area contributed by atoms with Crippen LogP contribution in [-0.4, -0.2) is 11.7 Å². The van der Waals surface area contributed by atoms with Crippen LogP contribution in [0.5, 0.6) is 11.5 Å². The Morgan fingerprint density at radius 2 is 1.44 bits per heavy atom. The third kappa shape index (κ3) is 4.99. The molecule has 128 valence electrons. The molecule has 0 amide bonds. The van der Waals surface area contributed by atoms with Gasteiger partial charge in [0.2, 0.25) is 0 Å². The maximum Gasteiger partial charge on any atom is 0.147 e. The smallest absolute Gasteiger partial charge is 0.147 e. The van der Waals surface area contributed by atoms with E-state index in [9.17, 15) is 5.11 Å². The van der Waals surface area contributed by atoms with Crippen molar-refractivity contribution in [3.8, 4) is 11.5 Å². The summed E-state index contributed by atoms with van der Waals surface area (Å²) in [5, 5.41) is 10.3. The fourth-order valence-corrected chi connectivity index (χ4v) is 2.53. The fraction of sp³-hybridized carbons (Fsp3) is 0.143. The lowest BCUT2D eigenvalue weighted by Gasteiger charge is -2.17. The standard InChI is InChI=1S/C21H19ClO3/c22-18-8-12-19(13-9-18)24-15-16-6-10-20(11-7-16)25-21(14-23)17-4-2-1-3-5-17/h1-13,21,23H,14-15H2. The van der Waals surface area contributed by atoms with Crippen molar-refractivity contribution < 1.29 is 14.6 Å². The van der Waals surface area contributed by atoms with Crippen molar-refractivity contribution in [2.75, 3.05) is 6.61 Å². The normalized spacial score (nSPS) is 11.8. The van der Waals surface area contributed by atoms with E-state index in [0.29, 0.717) is 17.4 Å². The molecule has 0 aliphatic rings. The number of halogens is 1. The van der Waals surface area contributed by atoms with Crippen LogP contribution in [0.2, 0.25) is 5.02 Å². The van der Waals surface area contributed by atoms with Crippen LogP contribution in [0.3, 0.4) is 0 Å². The lowest BCUT2D eigenvalue weighted by molar-refractivity contribution is 0.116. The van der Waals surface area contributed by atoms with Crippen molar-refractivity contribution in [1.82, 2.24) is 0 Å². The van der Waals surface area contributed by atoms with Crippen LogP contribution in [0.25, 0.3) is 0 Å². The summed E-state index contributed by atoms with van der Waals surface area (Å²) in [6.07, 6.45) is -0.377. The Morgan fingerprint density at radius 1 is 0.800 bits per heavy atom. The Labute approximate surface area is 152 Å². The minimum atomic E-state index is -0.377. The Morgan fingerprint density at radius 3 is 2.08 bits per heavy atom. The van der Waals surface area contributed by atoms with Gasteiger partial charge in [-0.05, 0) is 47.5 Å². The zero-order chi connectivity index (χ0) is 17.5. The summed E-state index contributed by atoms with van der Waals surface area (Å²) in [7, 11) is 0.